The summed E-state index contributed by atoms with van der Waals surface area (Å²) in [7, 11) is -2.83. The van der Waals surface area contributed by atoms with Crippen LogP contribution in [0.5, 0.6) is 5.75 Å². The molecule has 0 aliphatic carbocycles. The number of ether oxygens (including phenoxy) is 2. The molecular weight excluding hydrogens is 418 g/mol. The third kappa shape index (κ3) is 4.79. The molecule has 0 aliphatic heterocycles. The van der Waals surface area contributed by atoms with Gasteiger partial charge in [-0.2, -0.15) is 8.42 Å². The highest BCUT2D eigenvalue weighted by atomic mass is 32.2. The highest BCUT2D eigenvalue weighted by Crippen LogP contribution is 2.33. The van der Waals surface area contributed by atoms with Gasteiger partial charge in [0.25, 0.3) is 10.2 Å². The van der Waals surface area contributed by atoms with E-state index in [-0.39, 0.29) is 12.4 Å². The van der Waals surface area contributed by atoms with Crippen LogP contribution in [0.25, 0.3) is 21.6 Å². The third-order valence-electron chi connectivity index (χ3n) is 3.76. The van der Waals surface area contributed by atoms with Crippen LogP contribution in [-0.2, 0) is 19.7 Å². The van der Waals surface area contributed by atoms with Crippen LogP contribution in [0.15, 0.2) is 35.7 Å². The van der Waals surface area contributed by atoms with Crippen molar-refractivity contribution in [2.24, 2.45) is 5.14 Å². The van der Waals surface area contributed by atoms with Gasteiger partial charge in [0.15, 0.2) is 11.6 Å². The molecule has 0 atom stereocenters. The van der Waals surface area contributed by atoms with Crippen molar-refractivity contribution in [2.75, 3.05) is 25.7 Å². The summed E-state index contributed by atoms with van der Waals surface area (Å²) >= 11 is 1.43. The molecule has 0 spiro atoms. The van der Waals surface area contributed by atoms with E-state index in [1.807, 2.05) is 17.5 Å². The van der Waals surface area contributed by atoms with Crippen molar-refractivity contribution in [2.45, 2.75) is 6.92 Å². The van der Waals surface area contributed by atoms with Crippen molar-refractivity contribution in [1.29, 1.82) is 0 Å². The van der Waals surface area contributed by atoms with Gasteiger partial charge in [-0.25, -0.2) is 15.1 Å². The van der Waals surface area contributed by atoms with E-state index in [1.165, 1.54) is 18.4 Å². The van der Waals surface area contributed by atoms with E-state index >= 15 is 0 Å². The maximum Gasteiger partial charge on any atom is 0.323 e. The van der Waals surface area contributed by atoms with Gasteiger partial charge in [0.2, 0.25) is 0 Å². The quantitative estimate of drug-likeness (QED) is 0.402. The van der Waals surface area contributed by atoms with E-state index in [1.54, 1.807) is 25.1 Å². The fraction of sp³-hybridized carbons (Fsp3) is 0.235. The predicted octanol–water partition coefficient (Wildman–Crippen LogP) is 1.76. The third-order valence-corrected chi connectivity index (χ3v) is 5.46. The van der Waals surface area contributed by atoms with Crippen LogP contribution in [0.4, 0.5) is 5.82 Å². The predicted molar refractivity (Wildman–Crippen MR) is 109 cm³/mol. The summed E-state index contributed by atoms with van der Waals surface area (Å²) in [6, 6.07) is 8.88. The van der Waals surface area contributed by atoms with E-state index in [4.69, 9.17) is 14.6 Å². The number of aromatic nitrogens is 2. The summed E-state index contributed by atoms with van der Waals surface area (Å²) in [6.45, 7) is 1.08. The van der Waals surface area contributed by atoms with Gasteiger partial charge in [-0.3, -0.25) is 10.2 Å². The van der Waals surface area contributed by atoms with E-state index < -0.39 is 22.7 Å². The first kappa shape index (κ1) is 20.9. The van der Waals surface area contributed by atoms with E-state index in [0.29, 0.717) is 26.9 Å². The number of methoxy groups -OCH3 is 1. The molecule has 0 saturated heterocycles. The average molecular weight is 438 g/mol. The molecule has 0 amide bonds. The summed E-state index contributed by atoms with van der Waals surface area (Å²) < 4.78 is 34.8. The highest BCUT2D eigenvalue weighted by Gasteiger charge is 2.24. The summed E-state index contributed by atoms with van der Waals surface area (Å²) in [5.74, 6) is 0.161. The standard InChI is InChI=1S/C17H19N5O5S2/c1-3-27-14(23)10-22(29(18,24)25)21-17-15-11(6-4-7-12(15)26-2)19-16(20-17)13-8-5-9-28-13/h4-9H,3,10H2,1-2H3,(H2,18,24,25)(H,19,20,21). The van der Waals surface area contributed by atoms with Gasteiger partial charge in [-0.15, -0.1) is 11.3 Å². The molecule has 10 nitrogen and oxygen atoms in total. The van der Waals surface area contributed by atoms with Crippen LogP contribution < -0.4 is 15.3 Å². The minimum Gasteiger partial charge on any atom is -0.496 e. The summed E-state index contributed by atoms with van der Waals surface area (Å²) in [6.07, 6.45) is 0. The normalized spacial score (nSPS) is 11.6. The van der Waals surface area contributed by atoms with E-state index in [9.17, 15) is 13.2 Å². The van der Waals surface area contributed by atoms with Crippen molar-refractivity contribution >= 4 is 44.2 Å². The van der Waals surface area contributed by atoms with Crippen LogP contribution in [0, 0.1) is 0 Å². The number of benzene rings is 1. The molecule has 154 valence electrons. The Morgan fingerprint density at radius 3 is 2.69 bits per heavy atom. The molecule has 3 N–H and O–H groups in total. The molecule has 0 bridgehead atoms. The molecule has 29 heavy (non-hydrogen) atoms. The van der Waals surface area contributed by atoms with Crippen molar-refractivity contribution < 1.29 is 22.7 Å². The van der Waals surface area contributed by atoms with Gasteiger partial charge >= 0.3 is 5.97 Å². The zero-order chi connectivity index (χ0) is 21.0. The summed E-state index contributed by atoms with van der Waals surface area (Å²) in [4.78, 5) is 21.6. The van der Waals surface area contributed by atoms with Gasteiger partial charge in [0.05, 0.1) is 29.5 Å². The Kier molecular flexibility index (Phi) is 6.27. The number of esters is 1. The Morgan fingerprint density at radius 1 is 1.28 bits per heavy atom. The lowest BCUT2D eigenvalue weighted by atomic mass is 10.2. The van der Waals surface area contributed by atoms with Crippen molar-refractivity contribution in [3.05, 3.63) is 35.7 Å². The molecular formula is C17H19N5O5S2. The molecule has 3 aromatic rings. The zero-order valence-corrected chi connectivity index (χ0v) is 17.3. The number of rotatable bonds is 8. The fourth-order valence-electron chi connectivity index (χ4n) is 2.55. The Morgan fingerprint density at radius 2 is 2.07 bits per heavy atom. The number of hydrazine groups is 1. The number of hydrogen-bond acceptors (Lipinski definition) is 9. The van der Waals surface area contributed by atoms with E-state index in [2.05, 4.69) is 15.4 Å². The first-order valence-electron chi connectivity index (χ1n) is 8.45. The fourth-order valence-corrected chi connectivity index (χ4v) is 3.71. The summed E-state index contributed by atoms with van der Waals surface area (Å²) in [5.41, 5.74) is 3.15. The zero-order valence-electron chi connectivity index (χ0n) is 15.7. The number of anilines is 1. The first-order chi connectivity index (χ1) is 13.8. The average Bonchev–Trinajstić information content (AvgIpc) is 3.21. The largest absolute Gasteiger partial charge is 0.496 e. The molecule has 0 unspecified atom stereocenters. The number of carbonyl (C=O) groups is 1. The molecule has 3 rings (SSSR count). The topological polar surface area (TPSA) is 137 Å². The van der Waals surface area contributed by atoms with Gasteiger partial charge in [-0.1, -0.05) is 16.5 Å². The maximum atomic E-state index is 12.0. The lowest BCUT2D eigenvalue weighted by Gasteiger charge is -2.21. The lowest BCUT2D eigenvalue weighted by molar-refractivity contribution is -0.143. The molecule has 2 heterocycles. The number of fused-ring (bicyclic) bond motifs is 1. The summed E-state index contributed by atoms with van der Waals surface area (Å²) in [5, 5.41) is 7.59. The smallest absolute Gasteiger partial charge is 0.323 e. The van der Waals surface area contributed by atoms with Gasteiger partial charge in [0.1, 0.15) is 12.3 Å². The number of carbonyl (C=O) groups excluding carboxylic acids is 1. The Labute approximate surface area is 171 Å². The second-order valence-electron chi connectivity index (χ2n) is 5.70. The van der Waals surface area contributed by atoms with Crippen LogP contribution in [0.3, 0.4) is 0 Å². The Bertz CT molecular complexity index is 1120. The second-order valence-corrected chi connectivity index (χ2v) is 8.11. The SMILES string of the molecule is CCOC(=O)CN(Nc1nc(-c2cccs2)nc2cccc(OC)c12)S(N)(=O)=O. The Balaban J connectivity index is 2.13. The van der Waals surface area contributed by atoms with Crippen molar-refractivity contribution in [3.63, 3.8) is 0 Å². The van der Waals surface area contributed by atoms with Gasteiger partial charge in [0, 0.05) is 0 Å². The first-order valence-corrected chi connectivity index (χ1v) is 10.8. The molecule has 12 heteroatoms. The van der Waals surface area contributed by atoms with Gasteiger partial charge in [-0.05, 0) is 30.5 Å². The number of nitrogens with two attached hydrogens (primary N) is 1. The van der Waals surface area contributed by atoms with Gasteiger partial charge < -0.3 is 9.47 Å². The van der Waals surface area contributed by atoms with Crippen LogP contribution >= 0.6 is 11.3 Å². The van der Waals surface area contributed by atoms with Crippen LogP contribution in [0.1, 0.15) is 6.92 Å². The van der Waals surface area contributed by atoms with Crippen molar-refractivity contribution in [1.82, 2.24) is 14.4 Å². The molecule has 0 saturated carbocycles. The lowest BCUT2D eigenvalue weighted by Crippen LogP contribution is -2.44. The number of hydrogen-bond donors (Lipinski definition) is 2. The molecule has 2 aromatic heterocycles. The molecule has 0 radical (unpaired) electrons. The number of nitrogens with one attached hydrogen (secondary N) is 1. The maximum absolute atomic E-state index is 12.0. The van der Waals surface area contributed by atoms with E-state index in [0.717, 1.165) is 4.88 Å². The monoisotopic (exact) mass is 437 g/mol. The number of nitrogens with zero attached hydrogens (tertiary/aromatic N) is 3. The van der Waals surface area contributed by atoms with Crippen molar-refractivity contribution in [3.8, 4) is 16.5 Å². The minimum atomic E-state index is -4.31. The number of thiophene rings is 1. The highest BCUT2D eigenvalue weighted by molar-refractivity contribution is 7.86. The Hall–Kier alpha value is -2.80. The molecule has 0 aliphatic rings. The second kappa shape index (κ2) is 8.69. The minimum absolute atomic E-state index is 0.101. The van der Waals surface area contributed by atoms with Crippen LogP contribution in [0.2, 0.25) is 0 Å². The molecule has 1 aromatic carbocycles. The van der Waals surface area contributed by atoms with Crippen LogP contribution in [-0.4, -0.2) is 49.0 Å². The molecule has 0 fully saturated rings.